The highest BCUT2D eigenvalue weighted by Gasteiger charge is 2.14. The predicted octanol–water partition coefficient (Wildman–Crippen LogP) is 3.67. The Labute approximate surface area is 106 Å². The van der Waals surface area contributed by atoms with Crippen LogP contribution in [0, 0.1) is 10.1 Å². The van der Waals surface area contributed by atoms with E-state index in [1.807, 2.05) is 7.05 Å². The summed E-state index contributed by atoms with van der Waals surface area (Å²) in [5.41, 5.74) is 2.07. The van der Waals surface area contributed by atoms with Crippen molar-refractivity contribution in [3.63, 3.8) is 0 Å². The first-order valence-corrected chi connectivity index (χ1v) is 6.41. The van der Waals surface area contributed by atoms with Gasteiger partial charge in [-0.25, -0.2) is 0 Å². The van der Waals surface area contributed by atoms with Gasteiger partial charge in [0.05, 0.1) is 4.92 Å². The molecule has 0 aliphatic heterocycles. The van der Waals surface area contributed by atoms with Gasteiger partial charge in [-0.2, -0.15) is 11.8 Å². The van der Waals surface area contributed by atoms with E-state index in [-0.39, 0.29) is 15.4 Å². The number of anilines is 1. The summed E-state index contributed by atoms with van der Waals surface area (Å²) in [6.07, 6.45) is 0. The van der Waals surface area contributed by atoms with Crippen LogP contribution in [0.5, 0.6) is 0 Å². The molecule has 0 spiro atoms. The molecular formula is C12H18N2O2S. The minimum Gasteiger partial charge on any atom is -0.388 e. The molecule has 0 bridgehead atoms. The lowest BCUT2D eigenvalue weighted by molar-refractivity contribution is -0.384. The highest BCUT2D eigenvalue weighted by Crippen LogP contribution is 2.31. The fourth-order valence-electron chi connectivity index (χ4n) is 1.35. The van der Waals surface area contributed by atoms with E-state index in [0.717, 1.165) is 17.0 Å². The van der Waals surface area contributed by atoms with Crippen LogP contribution in [0.25, 0.3) is 0 Å². The minimum absolute atomic E-state index is 0.147. The van der Waals surface area contributed by atoms with Crippen molar-refractivity contribution < 1.29 is 4.92 Å². The largest absolute Gasteiger partial charge is 0.388 e. The van der Waals surface area contributed by atoms with Gasteiger partial charge in [0.1, 0.15) is 0 Å². The number of benzene rings is 1. The standard InChI is InChI=1S/C12H18N2O2S/c1-12(2,3)17-8-9-7-10(14(15)16)5-6-11(9)13-4/h5-7,13H,8H2,1-4H3. The van der Waals surface area contributed by atoms with Crippen LogP contribution in [-0.4, -0.2) is 16.7 Å². The fourth-order valence-corrected chi connectivity index (χ4v) is 2.18. The first-order chi connectivity index (χ1) is 7.83. The average molecular weight is 254 g/mol. The number of thioether (sulfide) groups is 1. The van der Waals surface area contributed by atoms with Crippen molar-refractivity contribution in [2.75, 3.05) is 12.4 Å². The van der Waals surface area contributed by atoms with Crippen LogP contribution in [0.15, 0.2) is 18.2 Å². The van der Waals surface area contributed by atoms with E-state index in [1.165, 1.54) is 6.07 Å². The van der Waals surface area contributed by atoms with Crippen LogP contribution >= 0.6 is 11.8 Å². The second-order valence-electron chi connectivity index (χ2n) is 4.75. The Bertz CT molecular complexity index is 413. The third-order valence-corrected chi connectivity index (χ3v) is 3.55. The molecule has 0 saturated heterocycles. The van der Waals surface area contributed by atoms with Gasteiger partial charge >= 0.3 is 0 Å². The summed E-state index contributed by atoms with van der Waals surface area (Å²) >= 11 is 1.77. The molecule has 0 amide bonds. The van der Waals surface area contributed by atoms with E-state index in [0.29, 0.717) is 0 Å². The Morgan fingerprint density at radius 1 is 1.41 bits per heavy atom. The average Bonchev–Trinajstić information content (AvgIpc) is 2.24. The van der Waals surface area contributed by atoms with Crippen molar-refractivity contribution in [2.24, 2.45) is 0 Å². The van der Waals surface area contributed by atoms with Gasteiger partial charge in [-0.15, -0.1) is 0 Å². The van der Waals surface area contributed by atoms with Crippen LogP contribution in [0.1, 0.15) is 26.3 Å². The minimum atomic E-state index is -0.356. The highest BCUT2D eigenvalue weighted by atomic mass is 32.2. The first kappa shape index (κ1) is 13.8. The third kappa shape index (κ3) is 4.26. The number of hydrogen-bond donors (Lipinski definition) is 1. The van der Waals surface area contributed by atoms with Gasteiger partial charge in [-0.3, -0.25) is 10.1 Å². The molecule has 17 heavy (non-hydrogen) atoms. The smallest absolute Gasteiger partial charge is 0.269 e. The molecule has 0 radical (unpaired) electrons. The van der Waals surface area contributed by atoms with Crippen molar-refractivity contribution >= 4 is 23.1 Å². The lowest BCUT2D eigenvalue weighted by Gasteiger charge is -2.18. The molecule has 1 N–H and O–H groups in total. The maximum absolute atomic E-state index is 10.7. The van der Waals surface area contributed by atoms with Crippen molar-refractivity contribution in [1.82, 2.24) is 0 Å². The van der Waals surface area contributed by atoms with Gasteiger partial charge in [0, 0.05) is 35.4 Å². The number of rotatable bonds is 4. The number of hydrogen-bond acceptors (Lipinski definition) is 4. The monoisotopic (exact) mass is 254 g/mol. The van der Waals surface area contributed by atoms with Crippen molar-refractivity contribution in [2.45, 2.75) is 31.3 Å². The number of nitrogens with one attached hydrogen (secondary N) is 1. The SMILES string of the molecule is CNc1ccc([N+](=O)[O-])cc1CSC(C)(C)C. The predicted molar refractivity (Wildman–Crippen MR) is 73.7 cm³/mol. The van der Waals surface area contributed by atoms with Crippen LogP contribution in [0.2, 0.25) is 0 Å². The van der Waals surface area contributed by atoms with E-state index >= 15 is 0 Å². The number of nitro groups is 1. The molecule has 1 aromatic rings. The Hall–Kier alpha value is -1.23. The van der Waals surface area contributed by atoms with E-state index in [2.05, 4.69) is 26.1 Å². The zero-order valence-corrected chi connectivity index (χ0v) is 11.4. The molecule has 0 aromatic heterocycles. The van der Waals surface area contributed by atoms with Crippen molar-refractivity contribution in [3.8, 4) is 0 Å². The number of nitro benzene ring substituents is 1. The topological polar surface area (TPSA) is 55.2 Å². The number of nitrogens with zero attached hydrogens (tertiary/aromatic N) is 1. The lowest BCUT2D eigenvalue weighted by Crippen LogP contribution is -2.08. The summed E-state index contributed by atoms with van der Waals surface area (Å²) in [6.45, 7) is 6.40. The van der Waals surface area contributed by atoms with Gasteiger partial charge in [-0.1, -0.05) is 20.8 Å². The zero-order chi connectivity index (χ0) is 13.1. The van der Waals surface area contributed by atoms with E-state index in [4.69, 9.17) is 0 Å². The molecule has 5 heteroatoms. The molecule has 94 valence electrons. The number of non-ortho nitro benzene ring substituents is 1. The Morgan fingerprint density at radius 3 is 2.53 bits per heavy atom. The summed E-state index contributed by atoms with van der Waals surface area (Å²) in [4.78, 5) is 10.4. The van der Waals surface area contributed by atoms with Gasteiger partial charge in [-0.05, 0) is 11.6 Å². The highest BCUT2D eigenvalue weighted by molar-refractivity contribution is 7.99. The molecule has 4 nitrogen and oxygen atoms in total. The third-order valence-electron chi connectivity index (χ3n) is 2.23. The van der Waals surface area contributed by atoms with Gasteiger partial charge < -0.3 is 5.32 Å². The van der Waals surface area contributed by atoms with E-state index in [9.17, 15) is 10.1 Å². The van der Waals surface area contributed by atoms with Crippen LogP contribution in [-0.2, 0) is 5.75 Å². The summed E-state index contributed by atoms with van der Waals surface area (Å²) < 4.78 is 0.148. The molecule has 0 heterocycles. The Morgan fingerprint density at radius 2 is 2.06 bits per heavy atom. The maximum Gasteiger partial charge on any atom is 0.269 e. The summed E-state index contributed by atoms with van der Waals surface area (Å²) in [7, 11) is 1.83. The van der Waals surface area contributed by atoms with Crippen molar-refractivity contribution in [3.05, 3.63) is 33.9 Å². The Balaban J connectivity index is 2.94. The maximum atomic E-state index is 10.7. The van der Waals surface area contributed by atoms with Crippen LogP contribution < -0.4 is 5.32 Å². The Kier molecular flexibility index (Phi) is 4.40. The second-order valence-corrected chi connectivity index (χ2v) is 6.55. The molecular weight excluding hydrogens is 236 g/mol. The molecule has 1 rings (SSSR count). The van der Waals surface area contributed by atoms with Gasteiger partial charge in [0.2, 0.25) is 0 Å². The quantitative estimate of drug-likeness (QED) is 0.658. The van der Waals surface area contributed by atoms with E-state index in [1.54, 1.807) is 23.9 Å². The molecule has 0 aliphatic rings. The second kappa shape index (κ2) is 5.40. The molecule has 0 saturated carbocycles. The normalized spacial score (nSPS) is 11.3. The van der Waals surface area contributed by atoms with Gasteiger partial charge in [0.15, 0.2) is 0 Å². The van der Waals surface area contributed by atoms with Crippen LogP contribution in [0.3, 0.4) is 0 Å². The summed E-state index contributed by atoms with van der Waals surface area (Å²) in [5, 5.41) is 13.8. The van der Waals surface area contributed by atoms with Gasteiger partial charge in [0.25, 0.3) is 5.69 Å². The first-order valence-electron chi connectivity index (χ1n) is 5.42. The molecule has 1 aromatic carbocycles. The summed E-state index contributed by atoms with van der Waals surface area (Å²) in [6, 6.07) is 4.93. The molecule has 0 atom stereocenters. The molecule has 0 aliphatic carbocycles. The van der Waals surface area contributed by atoms with E-state index < -0.39 is 0 Å². The molecule has 0 fully saturated rings. The molecule has 0 unspecified atom stereocenters. The van der Waals surface area contributed by atoms with Crippen LogP contribution in [0.4, 0.5) is 11.4 Å². The lowest BCUT2D eigenvalue weighted by atomic mass is 10.2. The zero-order valence-electron chi connectivity index (χ0n) is 10.6. The fraction of sp³-hybridized carbons (Fsp3) is 0.500. The summed E-state index contributed by atoms with van der Waals surface area (Å²) in [5.74, 6) is 0.765. The van der Waals surface area contributed by atoms with Crippen molar-refractivity contribution in [1.29, 1.82) is 0 Å².